The predicted molar refractivity (Wildman–Crippen MR) is 96.7 cm³/mol. The van der Waals surface area contributed by atoms with Crippen molar-refractivity contribution in [3.63, 3.8) is 0 Å². The molecule has 0 spiro atoms. The van der Waals surface area contributed by atoms with Crippen LogP contribution in [0.3, 0.4) is 0 Å². The Morgan fingerprint density at radius 3 is 2.48 bits per heavy atom. The lowest BCUT2D eigenvalue weighted by Crippen LogP contribution is -2.48. The Morgan fingerprint density at radius 1 is 1.24 bits per heavy atom. The second-order valence-corrected chi connectivity index (χ2v) is 9.02. The summed E-state index contributed by atoms with van der Waals surface area (Å²) in [6.07, 6.45) is 0.633. The molecule has 2 fully saturated rings. The molecule has 138 valence electrons. The summed E-state index contributed by atoms with van der Waals surface area (Å²) in [5, 5.41) is 0. The number of carbonyl (C=O) groups is 1. The van der Waals surface area contributed by atoms with E-state index in [2.05, 4.69) is 14.9 Å². The minimum atomic E-state index is -2.94. The summed E-state index contributed by atoms with van der Waals surface area (Å²) in [6, 6.07) is 1.88. The van der Waals surface area contributed by atoms with Crippen LogP contribution in [0.2, 0.25) is 0 Å². The zero-order valence-corrected chi connectivity index (χ0v) is 15.8. The molecule has 2 aliphatic heterocycles. The molecule has 2 aliphatic rings. The fourth-order valence-electron chi connectivity index (χ4n) is 3.40. The van der Waals surface area contributed by atoms with Gasteiger partial charge in [0, 0.05) is 52.3 Å². The Kier molecular flexibility index (Phi) is 4.86. The van der Waals surface area contributed by atoms with Gasteiger partial charge in [-0.2, -0.15) is 0 Å². The molecule has 3 rings (SSSR count). The Morgan fingerprint density at radius 2 is 1.92 bits per heavy atom. The van der Waals surface area contributed by atoms with Gasteiger partial charge in [-0.25, -0.2) is 18.4 Å². The molecule has 0 aliphatic carbocycles. The van der Waals surface area contributed by atoms with Crippen LogP contribution < -0.4 is 9.80 Å². The van der Waals surface area contributed by atoms with E-state index in [-0.39, 0.29) is 23.5 Å². The number of aromatic nitrogens is 2. The van der Waals surface area contributed by atoms with Crippen LogP contribution in [0.25, 0.3) is 0 Å². The number of sulfone groups is 1. The lowest BCUT2D eigenvalue weighted by molar-refractivity contribution is -0.129. The number of hydrogen-bond acceptors (Lipinski definition) is 7. The Labute approximate surface area is 148 Å². The maximum absolute atomic E-state index is 11.7. The van der Waals surface area contributed by atoms with E-state index < -0.39 is 9.84 Å². The number of aryl methyl sites for hydroxylation is 1. The number of amides is 1. The third-order valence-corrected chi connectivity index (χ3v) is 6.73. The molecule has 25 heavy (non-hydrogen) atoms. The van der Waals surface area contributed by atoms with Crippen LogP contribution in [-0.4, -0.2) is 80.0 Å². The summed E-state index contributed by atoms with van der Waals surface area (Å²) in [4.78, 5) is 26.4. The van der Waals surface area contributed by atoms with Crippen LogP contribution in [0.1, 0.15) is 19.2 Å². The molecule has 3 heterocycles. The molecule has 0 aromatic carbocycles. The Balaban J connectivity index is 1.76. The van der Waals surface area contributed by atoms with Gasteiger partial charge in [-0.05, 0) is 13.3 Å². The highest BCUT2D eigenvalue weighted by atomic mass is 32.2. The average molecular weight is 367 g/mol. The van der Waals surface area contributed by atoms with Crippen LogP contribution >= 0.6 is 0 Å². The highest BCUT2D eigenvalue weighted by Crippen LogP contribution is 2.25. The summed E-state index contributed by atoms with van der Waals surface area (Å²) >= 11 is 0. The number of piperazine rings is 1. The highest BCUT2D eigenvalue weighted by molar-refractivity contribution is 7.91. The van der Waals surface area contributed by atoms with Gasteiger partial charge in [0.25, 0.3) is 0 Å². The largest absolute Gasteiger partial charge is 0.355 e. The highest BCUT2D eigenvalue weighted by Gasteiger charge is 2.31. The maximum Gasteiger partial charge on any atom is 0.219 e. The van der Waals surface area contributed by atoms with Gasteiger partial charge in [-0.15, -0.1) is 0 Å². The molecule has 1 atom stereocenters. The van der Waals surface area contributed by atoms with Gasteiger partial charge in [-0.3, -0.25) is 4.79 Å². The third kappa shape index (κ3) is 4.02. The second-order valence-electron chi connectivity index (χ2n) is 6.79. The molecule has 1 aromatic heterocycles. The Bertz CT molecular complexity index is 759. The molecule has 0 radical (unpaired) electrons. The number of anilines is 2. The first-order valence-corrected chi connectivity index (χ1v) is 10.4. The van der Waals surface area contributed by atoms with Gasteiger partial charge >= 0.3 is 0 Å². The van der Waals surface area contributed by atoms with Crippen molar-refractivity contribution in [1.29, 1.82) is 0 Å². The van der Waals surface area contributed by atoms with Crippen LogP contribution in [0.15, 0.2) is 6.07 Å². The molecule has 2 saturated heterocycles. The fraction of sp³-hybridized carbons (Fsp3) is 0.688. The smallest absolute Gasteiger partial charge is 0.219 e. The molecule has 0 N–H and O–H groups in total. The van der Waals surface area contributed by atoms with E-state index in [0.29, 0.717) is 25.3 Å². The third-order valence-electron chi connectivity index (χ3n) is 4.98. The minimum Gasteiger partial charge on any atom is -0.355 e. The van der Waals surface area contributed by atoms with Crippen molar-refractivity contribution in [1.82, 2.24) is 14.9 Å². The number of rotatable bonds is 3. The monoisotopic (exact) mass is 367 g/mol. The summed E-state index contributed by atoms with van der Waals surface area (Å²) in [7, 11) is -1.04. The molecular weight excluding hydrogens is 342 g/mol. The van der Waals surface area contributed by atoms with Crippen molar-refractivity contribution in [2.75, 3.05) is 54.5 Å². The van der Waals surface area contributed by atoms with Crippen molar-refractivity contribution in [2.45, 2.75) is 26.3 Å². The maximum atomic E-state index is 11.7. The van der Waals surface area contributed by atoms with Crippen molar-refractivity contribution < 1.29 is 13.2 Å². The fourth-order valence-corrected chi connectivity index (χ4v) is 5.17. The molecule has 9 heteroatoms. The first kappa shape index (κ1) is 17.9. The summed E-state index contributed by atoms with van der Waals surface area (Å²) in [5.74, 6) is 2.76. The quantitative estimate of drug-likeness (QED) is 0.747. The van der Waals surface area contributed by atoms with Crippen LogP contribution in [0, 0.1) is 6.92 Å². The first-order valence-electron chi connectivity index (χ1n) is 8.54. The molecular formula is C16H25N5O3S. The van der Waals surface area contributed by atoms with E-state index >= 15 is 0 Å². The van der Waals surface area contributed by atoms with E-state index in [1.54, 1.807) is 6.92 Å². The molecule has 1 aromatic rings. The zero-order valence-electron chi connectivity index (χ0n) is 15.0. The Hall–Kier alpha value is -1.90. The predicted octanol–water partition coefficient (Wildman–Crippen LogP) is 0.0768. The van der Waals surface area contributed by atoms with Crippen LogP contribution in [0.5, 0.6) is 0 Å². The number of hydrogen-bond donors (Lipinski definition) is 0. The molecule has 1 amide bonds. The lowest BCUT2D eigenvalue weighted by Gasteiger charge is -2.35. The van der Waals surface area contributed by atoms with E-state index in [4.69, 9.17) is 0 Å². The molecule has 8 nitrogen and oxygen atoms in total. The SMILES string of the molecule is CC(=O)N1CCN(c2cc(N(C)C3CCS(=O)(=O)C3)nc(C)n2)CC1. The van der Waals surface area contributed by atoms with Crippen molar-refractivity contribution >= 4 is 27.4 Å². The average Bonchev–Trinajstić information content (AvgIpc) is 2.93. The number of carbonyl (C=O) groups excluding carboxylic acids is 1. The van der Waals surface area contributed by atoms with Crippen LogP contribution in [-0.2, 0) is 14.6 Å². The van der Waals surface area contributed by atoms with Crippen molar-refractivity contribution in [3.05, 3.63) is 11.9 Å². The molecule has 0 bridgehead atoms. The zero-order chi connectivity index (χ0) is 18.2. The topological polar surface area (TPSA) is 86.7 Å². The summed E-state index contributed by atoms with van der Waals surface area (Å²) in [6.45, 7) is 6.27. The van der Waals surface area contributed by atoms with Gasteiger partial charge in [0.2, 0.25) is 5.91 Å². The van der Waals surface area contributed by atoms with E-state index in [9.17, 15) is 13.2 Å². The van der Waals surface area contributed by atoms with Gasteiger partial charge in [0.15, 0.2) is 9.84 Å². The standard InChI is InChI=1S/C16H25N5O3S/c1-12-17-15(19(3)14-4-9-25(23,24)11-14)10-16(18-12)21-7-5-20(6-8-21)13(2)22/h10,14H,4-9,11H2,1-3H3. The summed E-state index contributed by atoms with van der Waals surface area (Å²) < 4.78 is 23.5. The number of nitrogens with zero attached hydrogens (tertiary/aromatic N) is 5. The van der Waals surface area contributed by atoms with Crippen LogP contribution in [0.4, 0.5) is 11.6 Å². The normalized spacial score (nSPS) is 22.9. The summed E-state index contributed by atoms with van der Waals surface area (Å²) in [5.41, 5.74) is 0. The first-order chi connectivity index (χ1) is 11.7. The minimum absolute atomic E-state index is 0.0401. The van der Waals surface area contributed by atoms with Gasteiger partial charge in [0.1, 0.15) is 17.5 Å². The van der Waals surface area contributed by atoms with Gasteiger partial charge in [-0.1, -0.05) is 0 Å². The van der Waals surface area contributed by atoms with E-state index in [1.165, 1.54) is 0 Å². The molecule has 1 unspecified atom stereocenters. The lowest BCUT2D eigenvalue weighted by atomic mass is 10.2. The van der Waals surface area contributed by atoms with Crippen molar-refractivity contribution in [2.24, 2.45) is 0 Å². The second kappa shape index (κ2) is 6.78. The van der Waals surface area contributed by atoms with Gasteiger partial charge in [0.05, 0.1) is 11.5 Å². The van der Waals surface area contributed by atoms with E-state index in [1.807, 2.05) is 29.8 Å². The van der Waals surface area contributed by atoms with Crippen molar-refractivity contribution in [3.8, 4) is 0 Å². The van der Waals surface area contributed by atoms with Gasteiger partial charge < -0.3 is 14.7 Å². The molecule has 0 saturated carbocycles. The van der Waals surface area contributed by atoms with E-state index in [0.717, 1.165) is 24.7 Å².